The van der Waals surface area contributed by atoms with Crippen LogP contribution in [-0.4, -0.2) is 0 Å². The van der Waals surface area contributed by atoms with Crippen molar-refractivity contribution in [3.8, 4) is 22.3 Å². The van der Waals surface area contributed by atoms with Crippen LogP contribution >= 0.6 is 0 Å². The second kappa shape index (κ2) is 10.5. The van der Waals surface area contributed by atoms with Gasteiger partial charge in [0.05, 0.1) is 0 Å². The number of fused-ring (bicyclic) bond motifs is 3. The van der Waals surface area contributed by atoms with Crippen LogP contribution in [0.2, 0.25) is 0 Å². The van der Waals surface area contributed by atoms with E-state index < -0.39 is 0 Å². The molecule has 0 fully saturated rings. The first-order chi connectivity index (χ1) is 15.7. The highest BCUT2D eigenvalue weighted by atomic mass is 14.4. The van der Waals surface area contributed by atoms with Crippen LogP contribution in [0.5, 0.6) is 0 Å². The maximum atomic E-state index is 2.54. The normalized spacial score (nSPS) is 13.7. The van der Waals surface area contributed by atoms with Crippen LogP contribution in [0.3, 0.4) is 0 Å². The van der Waals surface area contributed by atoms with Crippen LogP contribution in [0.1, 0.15) is 94.7 Å². The lowest BCUT2D eigenvalue weighted by Crippen LogP contribution is -2.25. The molecule has 0 amide bonds. The largest absolute Gasteiger partial charge is 0.0654 e. The van der Waals surface area contributed by atoms with Crippen LogP contribution in [0.25, 0.3) is 22.3 Å². The topological polar surface area (TPSA) is 0 Å². The quantitative estimate of drug-likeness (QED) is 0.269. The highest BCUT2D eigenvalue weighted by Gasteiger charge is 2.42. The molecular formula is C32H40. The molecule has 0 saturated carbocycles. The monoisotopic (exact) mass is 424 g/mol. The first kappa shape index (κ1) is 22.8. The Hall–Kier alpha value is -2.34. The molecule has 4 rings (SSSR count). The van der Waals surface area contributed by atoms with E-state index in [2.05, 4.69) is 87.5 Å². The first-order valence-electron chi connectivity index (χ1n) is 13.0. The summed E-state index contributed by atoms with van der Waals surface area (Å²) in [7, 11) is 0. The minimum Gasteiger partial charge on any atom is -0.0654 e. The van der Waals surface area contributed by atoms with E-state index in [1.807, 2.05) is 0 Å². The Kier molecular flexibility index (Phi) is 7.51. The third kappa shape index (κ3) is 4.56. The van der Waals surface area contributed by atoms with Crippen molar-refractivity contribution in [1.29, 1.82) is 0 Å². The van der Waals surface area contributed by atoms with Gasteiger partial charge in [0.25, 0.3) is 0 Å². The van der Waals surface area contributed by atoms with Crippen molar-refractivity contribution in [3.63, 3.8) is 0 Å². The Balaban J connectivity index is 1.78. The van der Waals surface area contributed by atoms with Crippen molar-refractivity contribution < 1.29 is 0 Å². The molecule has 0 heteroatoms. The standard InChI is InChI=1S/C32H40/c1-4-6-8-12-22-32(23-13-9-7-5-2)30-15-11-10-14-28(30)29-21-20-27(24-31(29)32)26-18-16-25(3)17-19-26/h10-11,14-21,24H,4-9,12-13,22-23H2,1-3H3. The van der Waals surface area contributed by atoms with Gasteiger partial charge in [-0.1, -0.05) is 131 Å². The van der Waals surface area contributed by atoms with E-state index in [9.17, 15) is 0 Å². The maximum Gasteiger partial charge on any atom is 0.0215 e. The number of hydrogen-bond acceptors (Lipinski definition) is 0. The zero-order valence-corrected chi connectivity index (χ0v) is 20.4. The molecule has 0 unspecified atom stereocenters. The Bertz CT molecular complexity index is 996. The zero-order valence-electron chi connectivity index (χ0n) is 20.4. The molecule has 0 nitrogen and oxygen atoms in total. The molecule has 0 saturated heterocycles. The fourth-order valence-corrected chi connectivity index (χ4v) is 5.75. The molecule has 0 heterocycles. The van der Waals surface area contributed by atoms with Gasteiger partial charge in [-0.2, -0.15) is 0 Å². The number of aryl methyl sites for hydroxylation is 1. The van der Waals surface area contributed by atoms with Crippen LogP contribution in [-0.2, 0) is 5.41 Å². The molecular weight excluding hydrogens is 384 g/mol. The summed E-state index contributed by atoms with van der Waals surface area (Å²) in [5.74, 6) is 0. The van der Waals surface area contributed by atoms with Crippen LogP contribution in [0, 0.1) is 6.92 Å². The summed E-state index contributed by atoms with van der Waals surface area (Å²) in [4.78, 5) is 0. The van der Waals surface area contributed by atoms with E-state index in [0.717, 1.165) is 0 Å². The molecule has 1 aliphatic carbocycles. The molecule has 168 valence electrons. The summed E-state index contributed by atoms with van der Waals surface area (Å²) >= 11 is 0. The van der Waals surface area contributed by atoms with Gasteiger partial charge in [0.15, 0.2) is 0 Å². The van der Waals surface area contributed by atoms with Crippen LogP contribution in [0.4, 0.5) is 0 Å². The van der Waals surface area contributed by atoms with Crippen molar-refractivity contribution in [1.82, 2.24) is 0 Å². The van der Waals surface area contributed by atoms with Gasteiger partial charge in [-0.05, 0) is 59.2 Å². The van der Waals surface area contributed by atoms with Crippen molar-refractivity contribution in [3.05, 3.63) is 83.4 Å². The van der Waals surface area contributed by atoms with E-state index in [4.69, 9.17) is 0 Å². The van der Waals surface area contributed by atoms with Gasteiger partial charge in [0, 0.05) is 5.41 Å². The molecule has 0 bridgehead atoms. The van der Waals surface area contributed by atoms with Gasteiger partial charge in [0.2, 0.25) is 0 Å². The van der Waals surface area contributed by atoms with E-state index in [1.165, 1.54) is 92.0 Å². The summed E-state index contributed by atoms with van der Waals surface area (Å²) in [6.07, 6.45) is 13.2. The number of hydrogen-bond donors (Lipinski definition) is 0. The highest BCUT2D eigenvalue weighted by Crippen LogP contribution is 2.54. The number of benzene rings is 3. The van der Waals surface area contributed by atoms with Crippen molar-refractivity contribution in [2.24, 2.45) is 0 Å². The molecule has 3 aromatic rings. The van der Waals surface area contributed by atoms with Crippen molar-refractivity contribution >= 4 is 0 Å². The summed E-state index contributed by atoms with van der Waals surface area (Å²) < 4.78 is 0. The molecule has 0 N–H and O–H groups in total. The molecule has 32 heavy (non-hydrogen) atoms. The first-order valence-corrected chi connectivity index (χ1v) is 13.0. The highest BCUT2D eigenvalue weighted by molar-refractivity contribution is 5.84. The van der Waals surface area contributed by atoms with Gasteiger partial charge in [-0.15, -0.1) is 0 Å². The lowest BCUT2D eigenvalue weighted by molar-refractivity contribution is 0.401. The average Bonchev–Trinajstić information content (AvgIpc) is 3.10. The predicted molar refractivity (Wildman–Crippen MR) is 140 cm³/mol. The van der Waals surface area contributed by atoms with Crippen molar-refractivity contribution in [2.45, 2.75) is 90.4 Å². The average molecular weight is 425 g/mol. The predicted octanol–water partition coefficient (Wildman–Crippen LogP) is 9.87. The number of unbranched alkanes of at least 4 members (excludes halogenated alkanes) is 6. The SMILES string of the molecule is CCCCCCC1(CCCCCC)c2ccccc2-c2ccc(-c3ccc(C)cc3)cc21. The molecule has 1 aliphatic rings. The Morgan fingerprint density at radius 3 is 1.81 bits per heavy atom. The third-order valence-electron chi connectivity index (χ3n) is 7.57. The van der Waals surface area contributed by atoms with Gasteiger partial charge in [-0.25, -0.2) is 0 Å². The van der Waals surface area contributed by atoms with Gasteiger partial charge in [0.1, 0.15) is 0 Å². The molecule has 0 spiro atoms. The second-order valence-corrected chi connectivity index (χ2v) is 9.88. The fraction of sp³-hybridized carbons (Fsp3) is 0.438. The minimum absolute atomic E-state index is 0.175. The summed E-state index contributed by atoms with van der Waals surface area (Å²) in [6.45, 7) is 6.80. The smallest absolute Gasteiger partial charge is 0.0215 e. The van der Waals surface area contributed by atoms with E-state index in [-0.39, 0.29) is 5.41 Å². The Morgan fingerprint density at radius 2 is 1.16 bits per heavy atom. The minimum atomic E-state index is 0.175. The molecule has 0 aliphatic heterocycles. The van der Waals surface area contributed by atoms with Crippen molar-refractivity contribution in [2.75, 3.05) is 0 Å². The Morgan fingerprint density at radius 1 is 0.562 bits per heavy atom. The lowest BCUT2D eigenvalue weighted by Gasteiger charge is -2.33. The van der Waals surface area contributed by atoms with Crippen LogP contribution < -0.4 is 0 Å². The molecule has 0 atom stereocenters. The lowest BCUT2D eigenvalue weighted by atomic mass is 9.70. The summed E-state index contributed by atoms with van der Waals surface area (Å²) in [6, 6.07) is 25.6. The van der Waals surface area contributed by atoms with E-state index in [0.29, 0.717) is 0 Å². The third-order valence-corrected chi connectivity index (χ3v) is 7.57. The maximum absolute atomic E-state index is 2.54. The van der Waals surface area contributed by atoms with Gasteiger partial charge >= 0.3 is 0 Å². The van der Waals surface area contributed by atoms with E-state index in [1.54, 1.807) is 11.1 Å². The molecule has 0 aromatic heterocycles. The fourth-order valence-electron chi connectivity index (χ4n) is 5.75. The zero-order chi connectivity index (χ0) is 22.4. The van der Waals surface area contributed by atoms with Gasteiger partial charge in [-0.3, -0.25) is 0 Å². The molecule has 0 radical (unpaired) electrons. The number of rotatable bonds is 11. The van der Waals surface area contributed by atoms with Gasteiger partial charge < -0.3 is 0 Å². The van der Waals surface area contributed by atoms with E-state index >= 15 is 0 Å². The molecule has 3 aromatic carbocycles. The second-order valence-electron chi connectivity index (χ2n) is 9.88. The van der Waals surface area contributed by atoms with Crippen LogP contribution in [0.15, 0.2) is 66.7 Å². The summed E-state index contributed by atoms with van der Waals surface area (Å²) in [5.41, 5.74) is 10.3. The Labute approximate surface area is 196 Å². The summed E-state index contributed by atoms with van der Waals surface area (Å²) in [5, 5.41) is 0.